The maximum absolute atomic E-state index is 12.9. The summed E-state index contributed by atoms with van der Waals surface area (Å²) in [5, 5.41) is 34.8. The highest BCUT2D eigenvalue weighted by Crippen LogP contribution is 2.06. The topological polar surface area (TPSA) is 277 Å². The Morgan fingerprint density at radius 1 is 0.800 bits per heavy atom. The van der Waals surface area contributed by atoms with Crippen LogP contribution in [-0.2, 0) is 28.8 Å². The van der Waals surface area contributed by atoms with Crippen LogP contribution < -0.4 is 33.2 Å². The summed E-state index contributed by atoms with van der Waals surface area (Å²) < 4.78 is 0. The molecule has 5 atom stereocenters. The largest absolute Gasteiger partial charge is 0.481 e. The van der Waals surface area contributed by atoms with E-state index in [-0.39, 0.29) is 19.3 Å². The van der Waals surface area contributed by atoms with Gasteiger partial charge in [-0.3, -0.25) is 24.0 Å². The minimum absolute atomic E-state index is 0.0517. The van der Waals surface area contributed by atoms with Crippen molar-refractivity contribution in [3.63, 3.8) is 0 Å². The van der Waals surface area contributed by atoms with Gasteiger partial charge in [-0.2, -0.15) is 0 Å². The molecule has 0 rings (SSSR count). The molecule has 0 saturated heterocycles. The summed E-state index contributed by atoms with van der Waals surface area (Å²) in [6.07, 6.45) is -1.55. The molecule has 0 saturated carbocycles. The number of carboxylic acids is 2. The fraction of sp³-hybridized carbons (Fsp3) is 0.700. The predicted molar refractivity (Wildman–Crippen MR) is 121 cm³/mol. The molecule has 200 valence electrons. The second-order valence-corrected chi connectivity index (χ2v) is 8.02. The number of hydrogen-bond acceptors (Lipinski definition) is 9. The van der Waals surface area contributed by atoms with Crippen LogP contribution in [0.5, 0.6) is 0 Å². The molecule has 15 nitrogen and oxygen atoms in total. The maximum Gasteiger partial charge on any atom is 0.326 e. The summed E-state index contributed by atoms with van der Waals surface area (Å²) in [4.78, 5) is 70.8. The van der Waals surface area contributed by atoms with Crippen LogP contribution in [0.2, 0.25) is 0 Å². The molecule has 0 aliphatic carbocycles. The Morgan fingerprint density at radius 3 is 1.89 bits per heavy atom. The highest BCUT2D eigenvalue weighted by Gasteiger charge is 2.32. The number of aliphatic hydroxyl groups is 1. The van der Waals surface area contributed by atoms with E-state index in [1.807, 2.05) is 0 Å². The Morgan fingerprint density at radius 2 is 1.40 bits per heavy atom. The van der Waals surface area contributed by atoms with Gasteiger partial charge < -0.3 is 48.5 Å². The summed E-state index contributed by atoms with van der Waals surface area (Å²) in [5.74, 6) is -6.06. The van der Waals surface area contributed by atoms with Crippen LogP contribution in [0, 0.1) is 0 Å². The molecule has 0 heterocycles. The first-order valence-corrected chi connectivity index (χ1v) is 11.1. The molecule has 0 aliphatic heterocycles. The molecule has 0 fully saturated rings. The molecule has 0 aliphatic rings. The highest BCUT2D eigenvalue weighted by atomic mass is 16.4. The molecule has 0 aromatic rings. The van der Waals surface area contributed by atoms with Crippen LogP contribution in [-0.4, -0.2) is 87.7 Å². The molecule has 0 aromatic heterocycles. The average molecular weight is 505 g/mol. The SMILES string of the molecule is CC(O)C(NC(=O)C(CCCCN)NC(=O)C(N)CCC(N)=O)C(=O)NC(CCC(=O)O)C(=O)O. The number of amides is 4. The number of carbonyl (C=O) groups is 6. The van der Waals surface area contributed by atoms with E-state index in [9.17, 15) is 39.0 Å². The Bertz CT molecular complexity index is 761. The Balaban J connectivity index is 5.41. The van der Waals surface area contributed by atoms with Gasteiger partial charge >= 0.3 is 11.9 Å². The number of aliphatic hydroxyl groups excluding tert-OH is 1. The molecule has 12 N–H and O–H groups in total. The normalized spacial score (nSPS) is 15.1. The van der Waals surface area contributed by atoms with Crippen molar-refractivity contribution in [1.29, 1.82) is 0 Å². The number of hydrogen-bond donors (Lipinski definition) is 9. The van der Waals surface area contributed by atoms with Crippen molar-refractivity contribution in [3.05, 3.63) is 0 Å². The van der Waals surface area contributed by atoms with Crippen LogP contribution in [0.25, 0.3) is 0 Å². The summed E-state index contributed by atoms with van der Waals surface area (Å²) in [6, 6.07) is -5.48. The van der Waals surface area contributed by atoms with Gasteiger partial charge in [0.15, 0.2) is 0 Å². The summed E-state index contributed by atoms with van der Waals surface area (Å²) in [6.45, 7) is 1.51. The highest BCUT2D eigenvalue weighted by molar-refractivity contribution is 5.94. The van der Waals surface area contributed by atoms with Gasteiger partial charge in [0.25, 0.3) is 0 Å². The summed E-state index contributed by atoms with van der Waals surface area (Å²) >= 11 is 0. The number of carboxylic acid groups (broad SMARTS) is 2. The molecular weight excluding hydrogens is 468 g/mol. The zero-order chi connectivity index (χ0) is 27.1. The van der Waals surface area contributed by atoms with Crippen molar-refractivity contribution < 1.29 is 44.1 Å². The molecule has 35 heavy (non-hydrogen) atoms. The van der Waals surface area contributed by atoms with Crippen molar-refractivity contribution in [2.24, 2.45) is 17.2 Å². The number of nitrogens with one attached hydrogen (secondary N) is 3. The molecular formula is C20H36N6O9. The molecule has 0 aromatic carbocycles. The van der Waals surface area contributed by atoms with Crippen molar-refractivity contribution in [3.8, 4) is 0 Å². The lowest BCUT2D eigenvalue weighted by Gasteiger charge is -2.26. The third-order valence-electron chi connectivity index (χ3n) is 4.94. The van der Waals surface area contributed by atoms with E-state index in [1.54, 1.807) is 0 Å². The lowest BCUT2D eigenvalue weighted by molar-refractivity contribution is -0.144. The third-order valence-corrected chi connectivity index (χ3v) is 4.94. The maximum atomic E-state index is 12.9. The van der Waals surface area contributed by atoms with E-state index < -0.39 is 78.7 Å². The zero-order valence-electron chi connectivity index (χ0n) is 19.6. The van der Waals surface area contributed by atoms with E-state index in [0.717, 1.165) is 0 Å². The fourth-order valence-corrected chi connectivity index (χ4v) is 2.91. The van der Waals surface area contributed by atoms with Gasteiger partial charge in [-0.1, -0.05) is 0 Å². The second-order valence-electron chi connectivity index (χ2n) is 8.02. The monoisotopic (exact) mass is 504 g/mol. The summed E-state index contributed by atoms with van der Waals surface area (Å²) in [5.41, 5.74) is 16.2. The minimum atomic E-state index is -1.60. The van der Waals surface area contributed by atoms with Gasteiger partial charge in [-0.05, 0) is 45.6 Å². The fourth-order valence-electron chi connectivity index (χ4n) is 2.91. The van der Waals surface area contributed by atoms with Gasteiger partial charge in [0, 0.05) is 12.8 Å². The lowest BCUT2D eigenvalue weighted by atomic mass is 10.0. The van der Waals surface area contributed by atoms with Gasteiger partial charge in [-0.15, -0.1) is 0 Å². The average Bonchev–Trinajstić information content (AvgIpc) is 2.76. The number of rotatable bonds is 18. The Labute approximate surface area is 202 Å². The third kappa shape index (κ3) is 13.2. The molecule has 4 amide bonds. The zero-order valence-corrected chi connectivity index (χ0v) is 19.6. The van der Waals surface area contributed by atoms with Crippen LogP contribution in [0.4, 0.5) is 0 Å². The van der Waals surface area contributed by atoms with Gasteiger partial charge in [0.05, 0.1) is 12.1 Å². The van der Waals surface area contributed by atoms with E-state index in [2.05, 4.69) is 16.0 Å². The van der Waals surface area contributed by atoms with Crippen molar-refractivity contribution in [2.45, 2.75) is 82.1 Å². The van der Waals surface area contributed by atoms with Crippen LogP contribution >= 0.6 is 0 Å². The minimum Gasteiger partial charge on any atom is -0.481 e. The number of carbonyl (C=O) groups excluding carboxylic acids is 4. The van der Waals surface area contributed by atoms with Crippen LogP contribution in [0.1, 0.15) is 51.9 Å². The van der Waals surface area contributed by atoms with Crippen molar-refractivity contribution >= 4 is 35.6 Å². The predicted octanol–water partition coefficient (Wildman–Crippen LogP) is -3.51. The standard InChI is InChI=1S/C20H36N6O9/c1-10(27)16(19(33)25-13(20(34)35)6-8-15(29)30)26-18(32)12(4-2-3-9-21)24-17(31)11(22)5-7-14(23)28/h10-13,16,27H,2-9,21-22H2,1H3,(H2,23,28)(H,24,31)(H,25,33)(H,26,32)(H,29,30)(H,34,35). The molecule has 15 heteroatoms. The smallest absolute Gasteiger partial charge is 0.326 e. The first-order chi connectivity index (χ1) is 16.3. The number of aliphatic carboxylic acids is 2. The van der Waals surface area contributed by atoms with E-state index in [1.165, 1.54) is 6.92 Å². The van der Waals surface area contributed by atoms with Crippen molar-refractivity contribution in [1.82, 2.24) is 16.0 Å². The van der Waals surface area contributed by atoms with Gasteiger partial charge in [0.2, 0.25) is 23.6 Å². The lowest BCUT2D eigenvalue weighted by Crippen LogP contribution is -2.59. The molecule has 0 spiro atoms. The van der Waals surface area contributed by atoms with Gasteiger partial charge in [-0.25, -0.2) is 4.79 Å². The first kappa shape index (κ1) is 31.7. The first-order valence-electron chi connectivity index (χ1n) is 11.1. The molecule has 5 unspecified atom stereocenters. The van der Waals surface area contributed by atoms with Gasteiger partial charge in [0.1, 0.15) is 18.1 Å². The van der Waals surface area contributed by atoms with E-state index in [4.69, 9.17) is 22.3 Å². The Hall–Kier alpha value is -3.30. The molecule has 0 radical (unpaired) electrons. The van der Waals surface area contributed by atoms with E-state index >= 15 is 0 Å². The number of nitrogens with two attached hydrogens (primary N) is 3. The van der Waals surface area contributed by atoms with E-state index in [0.29, 0.717) is 19.4 Å². The summed E-state index contributed by atoms with van der Waals surface area (Å²) in [7, 11) is 0. The number of primary amides is 1. The quantitative estimate of drug-likeness (QED) is 0.0825. The van der Waals surface area contributed by atoms with Crippen molar-refractivity contribution in [2.75, 3.05) is 6.54 Å². The Kier molecular flexibility index (Phi) is 14.8. The second kappa shape index (κ2) is 16.3. The number of unbranched alkanes of at least 4 members (excludes halogenated alkanes) is 1. The van der Waals surface area contributed by atoms with Crippen LogP contribution in [0.3, 0.4) is 0 Å². The molecule has 0 bridgehead atoms. The van der Waals surface area contributed by atoms with Crippen LogP contribution in [0.15, 0.2) is 0 Å².